The fraction of sp³-hybridized carbons (Fsp3) is 0.300. The number of likely N-dealkylation sites (tertiary alicyclic amines) is 1. The Morgan fingerprint density at radius 2 is 2.07 bits per heavy atom. The standard InChI is InChI=1S/C20H22N6O/c1-25-13-15(11-23-25)16-12-22-20(21)24-19(16)17-8-5-9-26(17)18(27)10-14-6-3-2-4-7-14/h2-4,6-7,11-13,17H,5,8-10H2,1H3,(H2,21,22,24). The van der Waals surface area contributed by atoms with Gasteiger partial charge in [0.05, 0.1) is 24.4 Å². The van der Waals surface area contributed by atoms with Crippen LogP contribution in [0.5, 0.6) is 0 Å². The Hall–Kier alpha value is -3.22. The number of hydrogen-bond donors (Lipinski definition) is 1. The van der Waals surface area contributed by atoms with Crippen LogP contribution < -0.4 is 5.73 Å². The number of aromatic nitrogens is 4. The Bertz CT molecular complexity index is 952. The molecule has 0 aliphatic carbocycles. The number of benzene rings is 1. The summed E-state index contributed by atoms with van der Waals surface area (Å²) in [6, 6.07) is 9.73. The van der Waals surface area contributed by atoms with Crippen LogP contribution in [0.25, 0.3) is 11.1 Å². The first-order chi connectivity index (χ1) is 13.1. The number of nitrogens with two attached hydrogens (primary N) is 1. The van der Waals surface area contributed by atoms with Crippen molar-refractivity contribution >= 4 is 11.9 Å². The lowest BCUT2D eigenvalue weighted by Crippen LogP contribution is -2.32. The van der Waals surface area contributed by atoms with Gasteiger partial charge in [0, 0.05) is 37.1 Å². The third-order valence-electron chi connectivity index (χ3n) is 4.94. The predicted molar refractivity (Wildman–Crippen MR) is 102 cm³/mol. The molecule has 1 aliphatic rings. The maximum Gasteiger partial charge on any atom is 0.227 e. The number of anilines is 1. The van der Waals surface area contributed by atoms with Crippen molar-refractivity contribution in [2.24, 2.45) is 7.05 Å². The summed E-state index contributed by atoms with van der Waals surface area (Å²) in [5, 5.41) is 4.24. The largest absolute Gasteiger partial charge is 0.368 e. The van der Waals surface area contributed by atoms with E-state index in [9.17, 15) is 4.79 Å². The molecular weight excluding hydrogens is 340 g/mol. The molecule has 2 aromatic heterocycles. The zero-order valence-corrected chi connectivity index (χ0v) is 15.2. The number of carbonyl (C=O) groups is 1. The summed E-state index contributed by atoms with van der Waals surface area (Å²) in [7, 11) is 1.87. The van der Waals surface area contributed by atoms with Gasteiger partial charge in [-0.1, -0.05) is 30.3 Å². The first kappa shape index (κ1) is 17.2. The second kappa shape index (κ2) is 7.19. The molecule has 0 saturated carbocycles. The Morgan fingerprint density at radius 3 is 2.81 bits per heavy atom. The fourth-order valence-corrected chi connectivity index (χ4v) is 3.67. The smallest absolute Gasteiger partial charge is 0.227 e. The summed E-state index contributed by atoms with van der Waals surface area (Å²) in [6.07, 6.45) is 7.63. The average molecular weight is 362 g/mol. The highest BCUT2D eigenvalue weighted by Crippen LogP contribution is 2.36. The van der Waals surface area contributed by atoms with Gasteiger partial charge in [-0.25, -0.2) is 9.97 Å². The molecule has 0 bridgehead atoms. The van der Waals surface area contributed by atoms with Crippen LogP contribution in [0.3, 0.4) is 0 Å². The number of amides is 1. The number of nitrogen functional groups attached to an aromatic ring is 1. The number of rotatable bonds is 4. The van der Waals surface area contributed by atoms with E-state index in [-0.39, 0.29) is 17.9 Å². The second-order valence-corrected chi connectivity index (χ2v) is 6.84. The third kappa shape index (κ3) is 3.53. The molecule has 1 aliphatic heterocycles. The van der Waals surface area contributed by atoms with E-state index in [1.54, 1.807) is 17.1 Å². The normalized spacial score (nSPS) is 16.6. The van der Waals surface area contributed by atoms with Crippen LogP contribution in [0.4, 0.5) is 5.95 Å². The maximum atomic E-state index is 13.0. The van der Waals surface area contributed by atoms with Gasteiger partial charge in [-0.05, 0) is 18.4 Å². The summed E-state index contributed by atoms with van der Waals surface area (Å²) in [5.41, 5.74) is 9.50. The number of hydrogen-bond acceptors (Lipinski definition) is 5. The number of carbonyl (C=O) groups excluding carboxylic acids is 1. The van der Waals surface area contributed by atoms with E-state index < -0.39 is 0 Å². The molecule has 0 spiro atoms. The first-order valence-corrected chi connectivity index (χ1v) is 9.06. The zero-order chi connectivity index (χ0) is 18.8. The summed E-state index contributed by atoms with van der Waals surface area (Å²) < 4.78 is 1.74. The van der Waals surface area contributed by atoms with Gasteiger partial charge in [0.2, 0.25) is 11.9 Å². The van der Waals surface area contributed by atoms with E-state index in [1.165, 1.54) is 0 Å². The van der Waals surface area contributed by atoms with Crippen LogP contribution >= 0.6 is 0 Å². The predicted octanol–water partition coefficient (Wildman–Crippen LogP) is 2.37. The summed E-state index contributed by atoms with van der Waals surface area (Å²) in [4.78, 5) is 23.6. The summed E-state index contributed by atoms with van der Waals surface area (Å²) in [5.74, 6) is 0.331. The van der Waals surface area contributed by atoms with Crippen molar-refractivity contribution in [1.82, 2.24) is 24.6 Å². The topological polar surface area (TPSA) is 89.9 Å². The fourth-order valence-electron chi connectivity index (χ4n) is 3.67. The van der Waals surface area contributed by atoms with Crippen molar-refractivity contribution in [1.29, 1.82) is 0 Å². The Kier molecular flexibility index (Phi) is 4.58. The third-order valence-corrected chi connectivity index (χ3v) is 4.94. The Balaban J connectivity index is 1.66. The second-order valence-electron chi connectivity index (χ2n) is 6.84. The van der Waals surface area contributed by atoms with Crippen LogP contribution in [-0.4, -0.2) is 37.1 Å². The monoisotopic (exact) mass is 362 g/mol. The van der Waals surface area contributed by atoms with Crippen LogP contribution in [0, 0.1) is 0 Å². The van der Waals surface area contributed by atoms with E-state index in [1.807, 2.05) is 48.5 Å². The molecule has 3 aromatic rings. The van der Waals surface area contributed by atoms with Gasteiger partial charge in [0.1, 0.15) is 0 Å². The lowest BCUT2D eigenvalue weighted by molar-refractivity contribution is -0.131. The van der Waals surface area contributed by atoms with Crippen molar-refractivity contribution in [3.05, 3.63) is 60.2 Å². The van der Waals surface area contributed by atoms with Crippen molar-refractivity contribution in [2.45, 2.75) is 25.3 Å². The van der Waals surface area contributed by atoms with Gasteiger partial charge in [-0.15, -0.1) is 0 Å². The van der Waals surface area contributed by atoms with Gasteiger partial charge >= 0.3 is 0 Å². The quantitative estimate of drug-likeness (QED) is 0.769. The molecule has 2 N–H and O–H groups in total. The molecule has 1 saturated heterocycles. The molecular formula is C20H22N6O. The highest BCUT2D eigenvalue weighted by molar-refractivity contribution is 5.80. The summed E-state index contributed by atoms with van der Waals surface area (Å²) in [6.45, 7) is 0.729. The van der Waals surface area contributed by atoms with Crippen molar-refractivity contribution in [2.75, 3.05) is 12.3 Å². The van der Waals surface area contributed by atoms with E-state index in [0.717, 1.165) is 41.8 Å². The maximum absolute atomic E-state index is 13.0. The Morgan fingerprint density at radius 1 is 1.26 bits per heavy atom. The van der Waals surface area contributed by atoms with Crippen LogP contribution in [0.1, 0.15) is 30.1 Å². The lowest BCUT2D eigenvalue weighted by atomic mass is 10.0. The van der Waals surface area contributed by atoms with Gasteiger partial charge in [-0.3, -0.25) is 9.48 Å². The molecule has 7 nitrogen and oxygen atoms in total. The molecule has 1 fully saturated rings. The zero-order valence-electron chi connectivity index (χ0n) is 15.2. The molecule has 0 radical (unpaired) electrons. The molecule has 1 amide bonds. The van der Waals surface area contributed by atoms with E-state index in [2.05, 4.69) is 15.1 Å². The molecule has 1 unspecified atom stereocenters. The van der Waals surface area contributed by atoms with Gasteiger partial charge < -0.3 is 10.6 Å². The molecule has 3 heterocycles. The highest BCUT2D eigenvalue weighted by Gasteiger charge is 2.33. The molecule has 1 aromatic carbocycles. The molecule has 7 heteroatoms. The minimum Gasteiger partial charge on any atom is -0.368 e. The minimum absolute atomic E-state index is 0.0956. The molecule has 27 heavy (non-hydrogen) atoms. The highest BCUT2D eigenvalue weighted by atomic mass is 16.2. The number of aryl methyl sites for hydroxylation is 1. The van der Waals surface area contributed by atoms with E-state index in [4.69, 9.17) is 5.73 Å². The van der Waals surface area contributed by atoms with Crippen molar-refractivity contribution in [3.8, 4) is 11.1 Å². The van der Waals surface area contributed by atoms with Crippen molar-refractivity contribution in [3.63, 3.8) is 0 Å². The SMILES string of the molecule is Cn1cc(-c2cnc(N)nc2C2CCCN2C(=O)Cc2ccccc2)cn1. The number of nitrogens with zero attached hydrogens (tertiary/aromatic N) is 5. The lowest BCUT2D eigenvalue weighted by Gasteiger charge is -2.26. The van der Waals surface area contributed by atoms with E-state index >= 15 is 0 Å². The molecule has 4 rings (SSSR count). The minimum atomic E-state index is -0.0956. The van der Waals surface area contributed by atoms with Crippen LogP contribution in [0.2, 0.25) is 0 Å². The van der Waals surface area contributed by atoms with Gasteiger partial charge in [0.25, 0.3) is 0 Å². The summed E-state index contributed by atoms with van der Waals surface area (Å²) >= 11 is 0. The Labute approximate surface area is 157 Å². The molecule has 138 valence electrons. The van der Waals surface area contributed by atoms with Gasteiger partial charge in [0.15, 0.2) is 0 Å². The van der Waals surface area contributed by atoms with Gasteiger partial charge in [-0.2, -0.15) is 5.10 Å². The first-order valence-electron chi connectivity index (χ1n) is 9.06. The van der Waals surface area contributed by atoms with Crippen LogP contribution in [0.15, 0.2) is 48.9 Å². The average Bonchev–Trinajstić information content (AvgIpc) is 3.31. The van der Waals surface area contributed by atoms with E-state index in [0.29, 0.717) is 6.42 Å². The molecule has 1 atom stereocenters. The van der Waals surface area contributed by atoms with Crippen LogP contribution in [-0.2, 0) is 18.3 Å². The van der Waals surface area contributed by atoms with Crippen molar-refractivity contribution < 1.29 is 4.79 Å².